The Morgan fingerprint density at radius 3 is 2.50 bits per heavy atom. The zero-order valence-corrected chi connectivity index (χ0v) is 10.9. The number of anilines is 1. The molecule has 0 saturated heterocycles. The lowest BCUT2D eigenvalue weighted by Gasteiger charge is -2.27. The Balaban J connectivity index is 1.92. The van der Waals surface area contributed by atoms with Gasteiger partial charge in [-0.05, 0) is 43.7 Å². The van der Waals surface area contributed by atoms with Crippen molar-refractivity contribution in [3.63, 3.8) is 0 Å². The van der Waals surface area contributed by atoms with Gasteiger partial charge in [0.25, 0.3) is 5.91 Å². The summed E-state index contributed by atoms with van der Waals surface area (Å²) >= 11 is 0. The number of hydrogen-bond acceptors (Lipinski definition) is 4. The van der Waals surface area contributed by atoms with Crippen molar-refractivity contribution in [2.45, 2.75) is 38.6 Å². The average Bonchev–Trinajstić information content (AvgIpc) is 2.41. The highest BCUT2D eigenvalue weighted by Crippen LogP contribution is 2.25. The molecule has 1 aromatic rings. The lowest BCUT2D eigenvalue weighted by Crippen LogP contribution is -2.26. The molecule has 5 heteroatoms. The third-order valence-corrected chi connectivity index (χ3v) is 3.49. The molecule has 1 aromatic heterocycles. The zero-order valence-electron chi connectivity index (χ0n) is 10.9. The van der Waals surface area contributed by atoms with Crippen LogP contribution in [0.15, 0.2) is 12.1 Å². The largest absolute Gasteiger partial charge is 0.366 e. The number of carbonyl (C=O) groups excluding carboxylic acids is 1. The van der Waals surface area contributed by atoms with E-state index in [1.54, 1.807) is 13.1 Å². The lowest BCUT2D eigenvalue weighted by atomic mass is 9.87. The van der Waals surface area contributed by atoms with Crippen molar-refractivity contribution in [2.75, 3.05) is 12.4 Å². The van der Waals surface area contributed by atoms with Gasteiger partial charge in [0, 0.05) is 13.1 Å². The molecule has 5 nitrogen and oxygen atoms in total. The van der Waals surface area contributed by atoms with Crippen LogP contribution in [0, 0.1) is 5.92 Å². The molecule has 1 heterocycles. The van der Waals surface area contributed by atoms with E-state index in [0.29, 0.717) is 11.7 Å². The van der Waals surface area contributed by atoms with Crippen LogP contribution in [0.4, 0.5) is 5.82 Å². The lowest BCUT2D eigenvalue weighted by molar-refractivity contribution is 0.0957. The summed E-state index contributed by atoms with van der Waals surface area (Å²) in [5, 5.41) is 13.8. The standard InChI is InChI=1S/C13H20N4O/c1-9-3-5-10(6-4-9)15-12-8-7-11(16-17-12)13(18)14-2/h7-10H,3-6H2,1-2H3,(H,14,18)(H,15,17). The molecule has 1 aliphatic carbocycles. The fourth-order valence-electron chi connectivity index (χ4n) is 2.27. The van der Waals surface area contributed by atoms with Gasteiger partial charge in [-0.3, -0.25) is 4.79 Å². The van der Waals surface area contributed by atoms with Crippen molar-refractivity contribution in [3.05, 3.63) is 17.8 Å². The highest BCUT2D eigenvalue weighted by molar-refractivity contribution is 5.91. The molecule has 0 radical (unpaired) electrons. The molecule has 98 valence electrons. The fourth-order valence-corrected chi connectivity index (χ4v) is 2.27. The Kier molecular flexibility index (Phi) is 4.12. The molecule has 0 unspecified atom stereocenters. The van der Waals surface area contributed by atoms with Gasteiger partial charge in [-0.15, -0.1) is 10.2 Å². The summed E-state index contributed by atoms with van der Waals surface area (Å²) in [6.07, 6.45) is 4.89. The van der Waals surface area contributed by atoms with E-state index in [-0.39, 0.29) is 5.91 Å². The Bertz CT molecular complexity index is 396. The highest BCUT2D eigenvalue weighted by atomic mass is 16.1. The van der Waals surface area contributed by atoms with Crippen molar-refractivity contribution in [1.82, 2.24) is 15.5 Å². The van der Waals surface area contributed by atoms with E-state index in [4.69, 9.17) is 0 Å². The highest BCUT2D eigenvalue weighted by Gasteiger charge is 2.18. The first-order valence-corrected chi connectivity index (χ1v) is 6.51. The van der Waals surface area contributed by atoms with Gasteiger partial charge < -0.3 is 10.6 Å². The van der Waals surface area contributed by atoms with E-state index in [2.05, 4.69) is 27.8 Å². The van der Waals surface area contributed by atoms with Crippen LogP contribution in [0.3, 0.4) is 0 Å². The van der Waals surface area contributed by atoms with E-state index < -0.39 is 0 Å². The second kappa shape index (κ2) is 5.80. The molecule has 0 bridgehead atoms. The number of amides is 1. The summed E-state index contributed by atoms with van der Waals surface area (Å²) in [6, 6.07) is 4.00. The smallest absolute Gasteiger partial charge is 0.271 e. The number of nitrogens with zero attached hydrogens (tertiary/aromatic N) is 2. The second-order valence-corrected chi connectivity index (χ2v) is 4.98. The Labute approximate surface area is 107 Å². The molecule has 2 rings (SSSR count). The molecule has 1 amide bonds. The van der Waals surface area contributed by atoms with Crippen LogP contribution in [0.1, 0.15) is 43.1 Å². The van der Waals surface area contributed by atoms with Crippen LogP contribution >= 0.6 is 0 Å². The van der Waals surface area contributed by atoms with Crippen molar-refractivity contribution >= 4 is 11.7 Å². The minimum Gasteiger partial charge on any atom is -0.366 e. The summed E-state index contributed by atoms with van der Waals surface area (Å²) in [6.45, 7) is 2.30. The quantitative estimate of drug-likeness (QED) is 0.856. The maximum Gasteiger partial charge on any atom is 0.271 e. The van der Waals surface area contributed by atoms with Gasteiger partial charge >= 0.3 is 0 Å². The van der Waals surface area contributed by atoms with Crippen LogP contribution in [0.25, 0.3) is 0 Å². The van der Waals surface area contributed by atoms with Crippen LogP contribution in [-0.4, -0.2) is 29.2 Å². The van der Waals surface area contributed by atoms with Gasteiger partial charge in [-0.25, -0.2) is 0 Å². The minimum atomic E-state index is -0.208. The van der Waals surface area contributed by atoms with Gasteiger partial charge in [-0.2, -0.15) is 0 Å². The molecular weight excluding hydrogens is 228 g/mol. The van der Waals surface area contributed by atoms with Gasteiger partial charge in [0.15, 0.2) is 5.69 Å². The number of rotatable bonds is 3. The Morgan fingerprint density at radius 2 is 1.94 bits per heavy atom. The number of nitrogens with one attached hydrogen (secondary N) is 2. The summed E-state index contributed by atoms with van der Waals surface area (Å²) in [7, 11) is 1.58. The summed E-state index contributed by atoms with van der Waals surface area (Å²) < 4.78 is 0. The SMILES string of the molecule is CNC(=O)c1ccc(NC2CCC(C)CC2)nn1. The summed E-state index contributed by atoms with van der Waals surface area (Å²) in [5.74, 6) is 1.38. The van der Waals surface area contributed by atoms with E-state index >= 15 is 0 Å². The maximum atomic E-state index is 11.3. The van der Waals surface area contributed by atoms with E-state index in [9.17, 15) is 4.79 Å². The normalized spacial score (nSPS) is 23.4. The average molecular weight is 248 g/mol. The van der Waals surface area contributed by atoms with Crippen molar-refractivity contribution in [1.29, 1.82) is 0 Å². The fraction of sp³-hybridized carbons (Fsp3) is 0.615. The predicted molar refractivity (Wildman–Crippen MR) is 70.5 cm³/mol. The first-order valence-electron chi connectivity index (χ1n) is 6.51. The van der Waals surface area contributed by atoms with Crippen LogP contribution < -0.4 is 10.6 Å². The first-order chi connectivity index (χ1) is 8.69. The first kappa shape index (κ1) is 12.8. The summed E-state index contributed by atoms with van der Waals surface area (Å²) in [5.41, 5.74) is 0.348. The number of aromatic nitrogens is 2. The minimum absolute atomic E-state index is 0.208. The van der Waals surface area contributed by atoms with E-state index in [1.807, 2.05) is 6.07 Å². The molecule has 1 saturated carbocycles. The van der Waals surface area contributed by atoms with Crippen LogP contribution in [0.2, 0.25) is 0 Å². The van der Waals surface area contributed by atoms with Gasteiger partial charge in [0.2, 0.25) is 0 Å². The number of hydrogen-bond donors (Lipinski definition) is 2. The second-order valence-electron chi connectivity index (χ2n) is 4.98. The summed E-state index contributed by atoms with van der Waals surface area (Å²) in [4.78, 5) is 11.3. The molecule has 0 spiro atoms. The zero-order chi connectivity index (χ0) is 13.0. The molecule has 2 N–H and O–H groups in total. The van der Waals surface area contributed by atoms with Crippen LogP contribution in [0.5, 0.6) is 0 Å². The maximum absolute atomic E-state index is 11.3. The molecule has 1 aliphatic rings. The molecule has 18 heavy (non-hydrogen) atoms. The Hall–Kier alpha value is -1.65. The third-order valence-electron chi connectivity index (χ3n) is 3.49. The molecular formula is C13H20N4O. The number of carbonyl (C=O) groups is 1. The monoisotopic (exact) mass is 248 g/mol. The van der Waals surface area contributed by atoms with Crippen molar-refractivity contribution < 1.29 is 4.79 Å². The third kappa shape index (κ3) is 3.18. The van der Waals surface area contributed by atoms with Crippen molar-refractivity contribution in [2.24, 2.45) is 5.92 Å². The molecule has 1 fully saturated rings. The van der Waals surface area contributed by atoms with Crippen molar-refractivity contribution in [3.8, 4) is 0 Å². The topological polar surface area (TPSA) is 66.9 Å². The molecule has 0 atom stereocenters. The van der Waals surface area contributed by atoms with Gasteiger partial charge in [-0.1, -0.05) is 6.92 Å². The van der Waals surface area contributed by atoms with Gasteiger partial charge in [0.05, 0.1) is 0 Å². The van der Waals surface area contributed by atoms with E-state index in [1.165, 1.54) is 25.7 Å². The molecule has 0 aliphatic heterocycles. The molecule has 0 aromatic carbocycles. The van der Waals surface area contributed by atoms with Gasteiger partial charge in [0.1, 0.15) is 5.82 Å². The predicted octanol–water partition coefficient (Wildman–Crippen LogP) is 1.83. The Morgan fingerprint density at radius 1 is 1.22 bits per heavy atom. The van der Waals surface area contributed by atoms with Crippen LogP contribution in [-0.2, 0) is 0 Å². The van der Waals surface area contributed by atoms with E-state index in [0.717, 1.165) is 11.7 Å².